The Labute approximate surface area is 453 Å². The van der Waals surface area contributed by atoms with E-state index in [1.54, 1.807) is 6.08 Å². The molecule has 0 saturated heterocycles. The first-order valence-corrected chi connectivity index (χ1v) is 32.3. The fourth-order valence-corrected chi connectivity index (χ4v) is 9.61. The van der Waals surface area contributed by atoms with E-state index in [0.29, 0.717) is 23.9 Å². The molecule has 0 rings (SSSR count). The van der Waals surface area contributed by atoms with Crippen LogP contribution in [0.5, 0.6) is 0 Å². The zero-order chi connectivity index (χ0) is 53.5. The van der Waals surface area contributed by atoms with Gasteiger partial charge in [0.1, 0.15) is 13.2 Å². The third kappa shape index (κ3) is 57.5. The number of allylic oxidation sites excluding steroid dienone is 11. The van der Waals surface area contributed by atoms with Crippen molar-refractivity contribution in [2.75, 3.05) is 40.9 Å². The lowest BCUT2D eigenvalue weighted by Crippen LogP contribution is -2.45. The first kappa shape index (κ1) is 70.9. The smallest absolute Gasteiger partial charge is 0.268 e. The summed E-state index contributed by atoms with van der Waals surface area (Å²) in [6.45, 7) is 4.53. The number of phosphoric acid groups is 1. The molecule has 0 aromatic carbocycles. The Morgan fingerprint density at radius 3 is 1.22 bits per heavy atom. The number of aliphatic hydroxyl groups is 1. The lowest BCUT2D eigenvalue weighted by atomic mass is 10.0. The van der Waals surface area contributed by atoms with E-state index in [0.717, 1.165) is 70.6 Å². The number of nitrogens with zero attached hydrogens (tertiary/aromatic N) is 1. The highest BCUT2D eigenvalue weighted by molar-refractivity contribution is 7.45. The van der Waals surface area contributed by atoms with Gasteiger partial charge in [-0.25, -0.2) is 0 Å². The topological polar surface area (TPSA) is 108 Å². The number of nitrogens with one attached hydrogen (secondary N) is 1. The summed E-state index contributed by atoms with van der Waals surface area (Å²) < 4.78 is 23.4. The number of carbonyl (C=O) groups excluding carboxylic acids is 1. The SMILES string of the molecule is CC/C=C\C/C=C\C/C=C\C/C=C\C/C=C\CCCCCC(=O)NC(COP(=O)([O-])OCC[N+](C)(C)C)C(O)/C=C/CCCCCCCCCCCCCCCCCCCCCCCCCCCCCCCC. The molecule has 0 radical (unpaired) electrons. The summed E-state index contributed by atoms with van der Waals surface area (Å²) in [6.07, 6.45) is 75.8. The molecule has 426 valence electrons. The van der Waals surface area contributed by atoms with Crippen LogP contribution in [0, 0.1) is 0 Å². The largest absolute Gasteiger partial charge is 0.756 e. The predicted molar refractivity (Wildman–Crippen MR) is 316 cm³/mol. The van der Waals surface area contributed by atoms with Crippen LogP contribution in [-0.4, -0.2) is 68.5 Å². The van der Waals surface area contributed by atoms with Gasteiger partial charge in [-0.1, -0.05) is 279 Å². The summed E-state index contributed by atoms with van der Waals surface area (Å²) in [7, 11) is 1.23. The van der Waals surface area contributed by atoms with Gasteiger partial charge in [0.15, 0.2) is 0 Å². The number of quaternary nitrogens is 1. The van der Waals surface area contributed by atoms with Crippen molar-refractivity contribution in [2.24, 2.45) is 0 Å². The molecule has 1 amide bonds. The molecule has 0 aliphatic rings. The second-order valence-corrected chi connectivity index (χ2v) is 23.4. The van der Waals surface area contributed by atoms with Crippen LogP contribution in [0.25, 0.3) is 0 Å². The lowest BCUT2D eigenvalue weighted by molar-refractivity contribution is -0.870. The molecule has 0 saturated carbocycles. The fourth-order valence-electron chi connectivity index (χ4n) is 8.89. The Kier molecular flexibility index (Phi) is 53.2. The molecule has 0 aliphatic carbocycles. The minimum Gasteiger partial charge on any atom is -0.756 e. The summed E-state index contributed by atoms with van der Waals surface area (Å²) in [5, 5.41) is 13.9. The van der Waals surface area contributed by atoms with E-state index in [2.05, 4.69) is 79.9 Å². The van der Waals surface area contributed by atoms with E-state index < -0.39 is 26.6 Å². The second kappa shape index (κ2) is 54.7. The normalized spacial score (nSPS) is 14.3. The Morgan fingerprint density at radius 1 is 0.493 bits per heavy atom. The van der Waals surface area contributed by atoms with Gasteiger partial charge < -0.3 is 28.8 Å². The zero-order valence-electron chi connectivity index (χ0n) is 48.6. The number of amides is 1. The number of unbranched alkanes of at least 4 members (excludes halogenated alkanes) is 33. The summed E-state index contributed by atoms with van der Waals surface area (Å²) in [5.74, 6) is -0.228. The summed E-state index contributed by atoms with van der Waals surface area (Å²) >= 11 is 0. The maximum absolute atomic E-state index is 13.0. The number of phosphoric ester groups is 1. The molecule has 0 spiro atoms. The maximum atomic E-state index is 13.0. The Bertz CT molecular complexity index is 1420. The van der Waals surface area contributed by atoms with Crippen LogP contribution in [0.1, 0.15) is 277 Å². The van der Waals surface area contributed by atoms with Crippen LogP contribution >= 0.6 is 7.82 Å². The Balaban J connectivity index is 4.14. The second-order valence-electron chi connectivity index (χ2n) is 22.0. The van der Waals surface area contributed by atoms with Gasteiger partial charge in [-0.05, 0) is 64.2 Å². The molecule has 0 fully saturated rings. The average Bonchev–Trinajstić information content (AvgIpc) is 3.35. The van der Waals surface area contributed by atoms with Crippen molar-refractivity contribution < 1.29 is 32.9 Å². The van der Waals surface area contributed by atoms with Crippen molar-refractivity contribution in [2.45, 2.75) is 289 Å². The number of aliphatic hydroxyl groups excluding tert-OH is 1. The highest BCUT2D eigenvalue weighted by Gasteiger charge is 2.23. The third-order valence-corrected chi connectivity index (χ3v) is 14.6. The molecule has 9 heteroatoms. The average molecular weight is 1040 g/mol. The van der Waals surface area contributed by atoms with Crippen molar-refractivity contribution in [3.05, 3.63) is 72.9 Å². The molecule has 8 nitrogen and oxygen atoms in total. The molecular weight excluding hydrogens is 924 g/mol. The van der Waals surface area contributed by atoms with Gasteiger partial charge in [-0.3, -0.25) is 9.36 Å². The predicted octanol–water partition coefficient (Wildman–Crippen LogP) is 18.4. The lowest BCUT2D eigenvalue weighted by Gasteiger charge is -2.29. The standard InChI is InChI=1S/C64H119N2O6P/c1-6-8-10-12-14-16-18-20-22-24-26-27-28-29-30-31-32-33-34-35-36-37-38-40-41-43-45-47-49-51-53-55-57-63(67)62(61-72-73(69,70)71-60-59-66(3,4)5)65-64(68)58-56-54-52-50-48-46-44-42-39-25-23-21-19-17-15-13-11-9-7-2/h9,11,15,17,21,23,39,42,46,48,55,57,62-63,67H,6-8,10,12-14,16,18-20,22,24-38,40-41,43-45,47,49-54,56,58-61H2,1-5H3,(H-,65,68,69,70)/b11-9-,17-15-,23-21-,42-39-,48-46-,57-55+. The molecule has 0 aliphatic heterocycles. The van der Waals surface area contributed by atoms with Crippen molar-refractivity contribution in [1.29, 1.82) is 0 Å². The first-order valence-electron chi connectivity index (χ1n) is 30.8. The Morgan fingerprint density at radius 2 is 0.836 bits per heavy atom. The monoisotopic (exact) mass is 1040 g/mol. The van der Waals surface area contributed by atoms with Gasteiger partial charge in [0, 0.05) is 6.42 Å². The molecule has 2 N–H and O–H groups in total. The van der Waals surface area contributed by atoms with Gasteiger partial charge >= 0.3 is 0 Å². The van der Waals surface area contributed by atoms with E-state index in [-0.39, 0.29) is 12.5 Å². The fraction of sp³-hybridized carbons (Fsp3) is 0.797. The molecule has 0 bridgehead atoms. The molecule has 73 heavy (non-hydrogen) atoms. The maximum Gasteiger partial charge on any atom is 0.268 e. The molecular formula is C64H119N2O6P. The minimum atomic E-state index is -4.61. The minimum absolute atomic E-state index is 0.0108. The van der Waals surface area contributed by atoms with Crippen molar-refractivity contribution in [3.8, 4) is 0 Å². The quantitative estimate of drug-likeness (QED) is 0.0272. The molecule has 0 heterocycles. The van der Waals surface area contributed by atoms with E-state index in [1.807, 2.05) is 27.2 Å². The van der Waals surface area contributed by atoms with Gasteiger partial charge in [0.05, 0.1) is 39.9 Å². The third-order valence-electron chi connectivity index (χ3n) is 13.7. The summed E-state index contributed by atoms with van der Waals surface area (Å²) in [6, 6.07) is -0.909. The summed E-state index contributed by atoms with van der Waals surface area (Å²) in [4.78, 5) is 25.5. The van der Waals surface area contributed by atoms with E-state index in [1.165, 1.54) is 180 Å². The van der Waals surface area contributed by atoms with Gasteiger partial charge in [-0.2, -0.15) is 0 Å². The number of likely N-dealkylation sites (N-methyl/N-ethyl adjacent to an activating group) is 1. The molecule has 3 unspecified atom stereocenters. The van der Waals surface area contributed by atoms with Crippen molar-refractivity contribution in [3.63, 3.8) is 0 Å². The van der Waals surface area contributed by atoms with Gasteiger partial charge in [-0.15, -0.1) is 0 Å². The van der Waals surface area contributed by atoms with Crippen LogP contribution in [0.3, 0.4) is 0 Å². The van der Waals surface area contributed by atoms with E-state index >= 15 is 0 Å². The number of hydrogen-bond acceptors (Lipinski definition) is 6. The van der Waals surface area contributed by atoms with Crippen LogP contribution in [0.15, 0.2) is 72.9 Å². The van der Waals surface area contributed by atoms with Gasteiger partial charge in [0.2, 0.25) is 5.91 Å². The Hall–Kier alpha value is -2.06. The summed E-state index contributed by atoms with van der Waals surface area (Å²) in [5.41, 5.74) is 0. The number of hydrogen-bond donors (Lipinski definition) is 2. The van der Waals surface area contributed by atoms with Crippen LogP contribution in [0.2, 0.25) is 0 Å². The van der Waals surface area contributed by atoms with Crippen LogP contribution in [0.4, 0.5) is 0 Å². The number of carbonyl (C=O) groups is 1. The van der Waals surface area contributed by atoms with Crippen molar-refractivity contribution in [1.82, 2.24) is 5.32 Å². The van der Waals surface area contributed by atoms with E-state index in [4.69, 9.17) is 9.05 Å². The molecule has 0 aromatic heterocycles. The van der Waals surface area contributed by atoms with Gasteiger partial charge in [0.25, 0.3) is 7.82 Å². The van der Waals surface area contributed by atoms with Crippen molar-refractivity contribution >= 4 is 13.7 Å². The van der Waals surface area contributed by atoms with E-state index in [9.17, 15) is 19.4 Å². The highest BCUT2D eigenvalue weighted by Crippen LogP contribution is 2.38. The first-order chi connectivity index (χ1) is 35.5. The zero-order valence-corrected chi connectivity index (χ0v) is 49.5. The van der Waals surface area contributed by atoms with Crippen LogP contribution in [-0.2, 0) is 18.4 Å². The molecule has 3 atom stereocenters. The van der Waals surface area contributed by atoms with Crippen LogP contribution < -0.4 is 10.2 Å². The highest BCUT2D eigenvalue weighted by atomic mass is 31.2. The molecule has 0 aromatic rings. The number of rotatable bonds is 56.